The number of aliphatic imine (C=N–C) groups is 1. The summed E-state index contributed by atoms with van der Waals surface area (Å²) in [5, 5.41) is 7.25. The summed E-state index contributed by atoms with van der Waals surface area (Å²) in [6, 6.07) is 21.1. The standard InChI is InChI=1S/C25H23Cl2N3S/c26-19-9-8-18(21(27)15-19)10-12-30-13-11-22(24-7-4-14-31-24)28-25(30)29-23-16-20(23)17-5-2-1-3-6-17/h1-9,11,13-15,20,23,25,29H,10,12,16H2/t20-,23?,25?/m0/s1. The molecule has 0 radical (unpaired) electrons. The van der Waals surface area contributed by atoms with Gasteiger partial charge in [0.2, 0.25) is 0 Å². The summed E-state index contributed by atoms with van der Waals surface area (Å²) in [5.41, 5.74) is 3.53. The second-order valence-corrected chi connectivity index (χ2v) is 9.72. The summed E-state index contributed by atoms with van der Waals surface area (Å²) in [6.45, 7) is 0.819. The summed E-state index contributed by atoms with van der Waals surface area (Å²) in [6.07, 6.45) is 6.14. The largest absolute Gasteiger partial charge is 0.344 e. The molecule has 1 aliphatic heterocycles. The number of nitrogens with zero attached hydrogens (tertiary/aromatic N) is 2. The molecule has 1 saturated carbocycles. The number of rotatable bonds is 7. The fourth-order valence-electron chi connectivity index (χ4n) is 4.01. The molecule has 0 saturated heterocycles. The third-order valence-corrected chi connectivity index (χ3v) is 7.29. The fourth-order valence-corrected chi connectivity index (χ4v) is 5.22. The van der Waals surface area contributed by atoms with Gasteiger partial charge < -0.3 is 4.90 Å². The Morgan fingerprint density at radius 3 is 2.71 bits per heavy atom. The van der Waals surface area contributed by atoms with Crippen molar-refractivity contribution in [2.75, 3.05) is 6.54 Å². The minimum atomic E-state index is -0.0908. The Labute approximate surface area is 197 Å². The van der Waals surface area contributed by atoms with Gasteiger partial charge >= 0.3 is 0 Å². The molecule has 3 aromatic rings. The highest BCUT2D eigenvalue weighted by Crippen LogP contribution is 2.41. The van der Waals surface area contributed by atoms with E-state index in [0.717, 1.165) is 30.7 Å². The maximum atomic E-state index is 6.39. The van der Waals surface area contributed by atoms with Gasteiger partial charge in [-0.05, 0) is 53.6 Å². The molecular weight excluding hydrogens is 445 g/mol. The summed E-state index contributed by atoms with van der Waals surface area (Å²) in [7, 11) is 0. The number of thiophene rings is 1. The first-order valence-corrected chi connectivity index (χ1v) is 12.1. The average molecular weight is 468 g/mol. The maximum Gasteiger partial charge on any atom is 0.176 e. The topological polar surface area (TPSA) is 27.6 Å². The van der Waals surface area contributed by atoms with Crippen LogP contribution in [0.5, 0.6) is 0 Å². The maximum absolute atomic E-state index is 6.39. The van der Waals surface area contributed by atoms with Crippen LogP contribution in [0, 0.1) is 0 Å². The zero-order valence-electron chi connectivity index (χ0n) is 16.9. The molecule has 3 nitrogen and oxygen atoms in total. The highest BCUT2D eigenvalue weighted by molar-refractivity contribution is 7.12. The molecule has 0 bridgehead atoms. The van der Waals surface area contributed by atoms with Crippen LogP contribution in [0.4, 0.5) is 0 Å². The molecule has 2 aromatic carbocycles. The Hall–Kier alpha value is -2.11. The molecule has 0 spiro atoms. The van der Waals surface area contributed by atoms with Gasteiger partial charge in [-0.15, -0.1) is 11.3 Å². The van der Waals surface area contributed by atoms with E-state index in [1.54, 1.807) is 11.3 Å². The summed E-state index contributed by atoms with van der Waals surface area (Å²) >= 11 is 14.2. The van der Waals surface area contributed by atoms with Gasteiger partial charge in [0.15, 0.2) is 6.29 Å². The lowest BCUT2D eigenvalue weighted by Gasteiger charge is -2.32. The smallest absolute Gasteiger partial charge is 0.176 e. The van der Waals surface area contributed by atoms with E-state index in [4.69, 9.17) is 28.2 Å². The molecule has 3 atom stereocenters. The van der Waals surface area contributed by atoms with Crippen molar-refractivity contribution in [3.8, 4) is 0 Å². The van der Waals surface area contributed by atoms with Crippen molar-refractivity contribution in [2.45, 2.75) is 31.1 Å². The van der Waals surface area contributed by atoms with Crippen LogP contribution in [-0.2, 0) is 6.42 Å². The highest BCUT2D eigenvalue weighted by atomic mass is 35.5. The lowest BCUT2D eigenvalue weighted by molar-refractivity contribution is 0.237. The van der Waals surface area contributed by atoms with Crippen LogP contribution >= 0.6 is 34.5 Å². The van der Waals surface area contributed by atoms with E-state index < -0.39 is 0 Å². The number of benzene rings is 2. The van der Waals surface area contributed by atoms with Crippen molar-refractivity contribution in [2.24, 2.45) is 4.99 Å². The quantitative estimate of drug-likeness (QED) is 0.438. The first-order valence-electron chi connectivity index (χ1n) is 10.5. The van der Waals surface area contributed by atoms with Crippen molar-refractivity contribution < 1.29 is 0 Å². The summed E-state index contributed by atoms with van der Waals surface area (Å²) in [5.74, 6) is 0.556. The van der Waals surface area contributed by atoms with Gasteiger partial charge in [-0.25, -0.2) is 4.99 Å². The molecule has 1 fully saturated rings. The highest BCUT2D eigenvalue weighted by Gasteiger charge is 2.40. The molecule has 2 unspecified atom stereocenters. The molecule has 2 heterocycles. The van der Waals surface area contributed by atoms with Gasteiger partial charge in [0.25, 0.3) is 0 Å². The van der Waals surface area contributed by atoms with E-state index in [0.29, 0.717) is 22.0 Å². The van der Waals surface area contributed by atoms with Crippen LogP contribution in [0.25, 0.3) is 0 Å². The van der Waals surface area contributed by atoms with Crippen molar-refractivity contribution in [3.05, 3.63) is 104 Å². The molecule has 0 amide bonds. The van der Waals surface area contributed by atoms with Gasteiger partial charge in [-0.3, -0.25) is 5.32 Å². The summed E-state index contributed by atoms with van der Waals surface area (Å²) < 4.78 is 0. The Bertz CT molecular complexity index is 1100. The number of halogens is 2. The van der Waals surface area contributed by atoms with E-state index in [2.05, 4.69) is 70.3 Å². The molecule has 1 N–H and O–H groups in total. The molecule has 158 valence electrons. The Morgan fingerprint density at radius 1 is 1.06 bits per heavy atom. The molecular formula is C25H23Cl2N3S. The van der Waals surface area contributed by atoms with Crippen LogP contribution < -0.4 is 5.32 Å². The van der Waals surface area contributed by atoms with Crippen molar-refractivity contribution in [3.63, 3.8) is 0 Å². The van der Waals surface area contributed by atoms with Crippen molar-refractivity contribution in [1.82, 2.24) is 10.2 Å². The van der Waals surface area contributed by atoms with E-state index in [1.807, 2.05) is 18.2 Å². The van der Waals surface area contributed by atoms with E-state index in [-0.39, 0.29) is 6.29 Å². The monoisotopic (exact) mass is 467 g/mol. The first kappa shape index (κ1) is 20.8. The first-order chi connectivity index (χ1) is 15.2. The third-order valence-electron chi connectivity index (χ3n) is 5.81. The second kappa shape index (κ2) is 9.17. The third kappa shape index (κ3) is 4.88. The lowest BCUT2D eigenvalue weighted by atomic mass is 10.1. The molecule has 6 heteroatoms. The molecule has 2 aliphatic rings. The van der Waals surface area contributed by atoms with Crippen LogP contribution in [0.3, 0.4) is 0 Å². The van der Waals surface area contributed by atoms with Gasteiger partial charge in [0.05, 0.1) is 10.6 Å². The van der Waals surface area contributed by atoms with Gasteiger partial charge in [-0.1, -0.05) is 65.7 Å². The minimum absolute atomic E-state index is 0.0908. The zero-order valence-corrected chi connectivity index (χ0v) is 19.2. The van der Waals surface area contributed by atoms with Crippen molar-refractivity contribution >= 4 is 40.3 Å². The van der Waals surface area contributed by atoms with Crippen LogP contribution in [0.1, 0.15) is 28.3 Å². The second-order valence-electron chi connectivity index (χ2n) is 7.93. The van der Waals surface area contributed by atoms with Crippen LogP contribution in [-0.4, -0.2) is 29.5 Å². The number of hydrogen-bond acceptors (Lipinski definition) is 4. The predicted octanol–water partition coefficient (Wildman–Crippen LogP) is 6.35. The van der Waals surface area contributed by atoms with E-state index >= 15 is 0 Å². The van der Waals surface area contributed by atoms with Crippen LogP contribution in [0.2, 0.25) is 10.0 Å². The fraction of sp³-hybridized carbons (Fsp3) is 0.240. The van der Waals surface area contributed by atoms with Crippen LogP contribution in [0.15, 0.2) is 83.3 Å². The summed E-state index contributed by atoms with van der Waals surface area (Å²) in [4.78, 5) is 8.52. The van der Waals surface area contributed by atoms with E-state index in [1.165, 1.54) is 10.4 Å². The van der Waals surface area contributed by atoms with E-state index in [9.17, 15) is 0 Å². The molecule has 5 rings (SSSR count). The molecule has 31 heavy (non-hydrogen) atoms. The molecule has 1 aliphatic carbocycles. The van der Waals surface area contributed by atoms with Gasteiger partial charge in [0.1, 0.15) is 0 Å². The van der Waals surface area contributed by atoms with Gasteiger partial charge in [-0.2, -0.15) is 0 Å². The number of nitrogens with one attached hydrogen (secondary N) is 1. The Kier molecular flexibility index (Phi) is 6.15. The lowest BCUT2D eigenvalue weighted by Crippen LogP contribution is -2.46. The Morgan fingerprint density at radius 2 is 1.94 bits per heavy atom. The minimum Gasteiger partial charge on any atom is -0.344 e. The number of allylic oxidation sites excluding steroid dienone is 1. The average Bonchev–Trinajstić information content (AvgIpc) is 3.32. The Balaban J connectivity index is 1.31. The SMILES string of the molecule is Clc1ccc(CCN2C=CC(c3cccs3)=NC2NC2C[C@H]2c2ccccc2)c(Cl)c1. The predicted molar refractivity (Wildman–Crippen MR) is 131 cm³/mol. The zero-order chi connectivity index (χ0) is 21.2. The van der Waals surface area contributed by atoms with Gasteiger partial charge in [0, 0.05) is 34.7 Å². The number of hydrogen-bond donors (Lipinski definition) is 1. The normalized spacial score (nSPS) is 22.5. The molecule has 1 aromatic heterocycles. The van der Waals surface area contributed by atoms with Crippen molar-refractivity contribution in [1.29, 1.82) is 0 Å².